The van der Waals surface area contributed by atoms with Crippen LogP contribution >= 0.6 is 0 Å². The molecule has 0 heterocycles. The Morgan fingerprint density at radius 1 is 1.07 bits per heavy atom. The lowest BCUT2D eigenvalue weighted by Crippen LogP contribution is -2.08. The Labute approximate surface area is 89.3 Å². The highest BCUT2D eigenvalue weighted by atomic mass is 14.8. The molecule has 1 nitrogen and oxygen atoms in total. The summed E-state index contributed by atoms with van der Waals surface area (Å²) in [6.45, 7) is 12.2. The van der Waals surface area contributed by atoms with E-state index < -0.39 is 0 Å². The molecule has 0 saturated carbocycles. The van der Waals surface area contributed by atoms with Crippen LogP contribution < -0.4 is 5.32 Å². The molecule has 0 aromatic heterocycles. The van der Waals surface area contributed by atoms with E-state index in [1.807, 2.05) is 7.05 Å². The molecule has 0 aliphatic rings. The van der Waals surface area contributed by atoms with Crippen molar-refractivity contribution in [3.8, 4) is 0 Å². The maximum absolute atomic E-state index is 3.19. The van der Waals surface area contributed by atoms with E-state index in [1.54, 1.807) is 0 Å². The van der Waals surface area contributed by atoms with Gasteiger partial charge in [0.2, 0.25) is 0 Å². The summed E-state index contributed by atoms with van der Waals surface area (Å²) >= 11 is 0. The van der Waals surface area contributed by atoms with Gasteiger partial charge in [0.15, 0.2) is 0 Å². The smallest absolute Gasteiger partial charge is 0.00145 e. The van der Waals surface area contributed by atoms with Gasteiger partial charge < -0.3 is 5.32 Å². The summed E-state index contributed by atoms with van der Waals surface area (Å²) in [6, 6.07) is 0. The molecule has 0 rings (SSSR count). The lowest BCUT2D eigenvalue weighted by molar-refractivity contribution is 0.779. The van der Waals surface area contributed by atoms with Gasteiger partial charge in [-0.1, -0.05) is 18.1 Å². The summed E-state index contributed by atoms with van der Waals surface area (Å²) in [4.78, 5) is 0. The van der Waals surface area contributed by atoms with E-state index in [0.717, 1.165) is 19.4 Å². The van der Waals surface area contributed by atoms with E-state index in [-0.39, 0.29) is 0 Å². The Bertz CT molecular complexity index is 230. The highest BCUT2D eigenvalue weighted by Crippen LogP contribution is 2.22. The standard InChI is InChI=1S/C13H25N/c1-7-13(10(2)3)12(5)11(4)8-9-14-6/h14H,7-9H2,1-6H3/b12-11+. The summed E-state index contributed by atoms with van der Waals surface area (Å²) in [5.74, 6) is 0. The Hall–Kier alpha value is -0.560. The van der Waals surface area contributed by atoms with Gasteiger partial charge in [0.25, 0.3) is 0 Å². The lowest BCUT2D eigenvalue weighted by Gasteiger charge is -2.12. The Morgan fingerprint density at radius 3 is 2.00 bits per heavy atom. The molecule has 0 unspecified atom stereocenters. The first kappa shape index (κ1) is 13.4. The van der Waals surface area contributed by atoms with Crippen LogP contribution in [0.1, 0.15) is 47.5 Å². The molecule has 0 aromatic carbocycles. The van der Waals surface area contributed by atoms with Gasteiger partial charge >= 0.3 is 0 Å². The van der Waals surface area contributed by atoms with Gasteiger partial charge in [0, 0.05) is 0 Å². The van der Waals surface area contributed by atoms with Crippen LogP contribution in [-0.2, 0) is 0 Å². The first-order valence-electron chi connectivity index (χ1n) is 5.52. The van der Waals surface area contributed by atoms with Gasteiger partial charge in [-0.3, -0.25) is 0 Å². The average molecular weight is 195 g/mol. The summed E-state index contributed by atoms with van der Waals surface area (Å²) in [7, 11) is 2.00. The van der Waals surface area contributed by atoms with Crippen LogP contribution in [0.2, 0.25) is 0 Å². The third-order valence-electron chi connectivity index (χ3n) is 2.80. The summed E-state index contributed by atoms with van der Waals surface area (Å²) < 4.78 is 0. The van der Waals surface area contributed by atoms with Crippen LogP contribution in [0.4, 0.5) is 0 Å². The Balaban J connectivity index is 4.70. The van der Waals surface area contributed by atoms with E-state index in [4.69, 9.17) is 0 Å². The number of allylic oxidation sites excluding steroid dienone is 3. The van der Waals surface area contributed by atoms with Gasteiger partial charge in [-0.05, 0) is 65.3 Å². The van der Waals surface area contributed by atoms with Gasteiger partial charge in [-0.25, -0.2) is 0 Å². The zero-order valence-corrected chi connectivity index (χ0v) is 10.6. The first-order valence-corrected chi connectivity index (χ1v) is 5.52. The van der Waals surface area contributed by atoms with Crippen molar-refractivity contribution in [2.45, 2.75) is 47.5 Å². The maximum atomic E-state index is 3.19. The molecule has 0 aromatic rings. The van der Waals surface area contributed by atoms with Gasteiger partial charge in [-0.15, -0.1) is 0 Å². The van der Waals surface area contributed by atoms with Gasteiger partial charge in [0.1, 0.15) is 0 Å². The number of rotatable bonds is 5. The summed E-state index contributed by atoms with van der Waals surface area (Å²) in [5.41, 5.74) is 5.98. The van der Waals surface area contributed by atoms with Crippen molar-refractivity contribution in [1.29, 1.82) is 0 Å². The second-order valence-electron chi connectivity index (χ2n) is 4.09. The van der Waals surface area contributed by atoms with E-state index in [1.165, 1.54) is 22.3 Å². The fourth-order valence-electron chi connectivity index (χ4n) is 1.75. The van der Waals surface area contributed by atoms with Crippen molar-refractivity contribution in [1.82, 2.24) is 5.32 Å². The van der Waals surface area contributed by atoms with Gasteiger partial charge in [0.05, 0.1) is 0 Å². The predicted octanol–water partition coefficient (Wildman–Crippen LogP) is 3.68. The van der Waals surface area contributed by atoms with Crippen molar-refractivity contribution in [3.05, 3.63) is 22.3 Å². The summed E-state index contributed by atoms with van der Waals surface area (Å²) in [6.07, 6.45) is 2.30. The normalized spacial score (nSPS) is 12.4. The minimum Gasteiger partial charge on any atom is -0.319 e. The van der Waals surface area contributed by atoms with Crippen LogP contribution in [0.5, 0.6) is 0 Å². The molecule has 0 aliphatic heterocycles. The Kier molecular flexibility index (Phi) is 6.56. The zero-order valence-electron chi connectivity index (χ0n) is 10.6. The average Bonchev–Trinajstić information content (AvgIpc) is 2.14. The second-order valence-corrected chi connectivity index (χ2v) is 4.09. The Morgan fingerprint density at radius 2 is 1.64 bits per heavy atom. The zero-order chi connectivity index (χ0) is 11.1. The predicted molar refractivity (Wildman–Crippen MR) is 65.6 cm³/mol. The van der Waals surface area contributed by atoms with Crippen LogP contribution in [-0.4, -0.2) is 13.6 Å². The van der Waals surface area contributed by atoms with Crippen LogP contribution in [0.25, 0.3) is 0 Å². The van der Waals surface area contributed by atoms with Crippen molar-refractivity contribution in [3.63, 3.8) is 0 Å². The van der Waals surface area contributed by atoms with E-state index in [0.29, 0.717) is 0 Å². The minimum atomic E-state index is 1.07. The minimum absolute atomic E-state index is 1.07. The number of nitrogens with one attached hydrogen (secondary N) is 1. The highest BCUT2D eigenvalue weighted by Gasteiger charge is 2.03. The molecule has 0 spiro atoms. The molecule has 82 valence electrons. The molecule has 0 aliphatic carbocycles. The monoisotopic (exact) mass is 195 g/mol. The van der Waals surface area contributed by atoms with Crippen molar-refractivity contribution >= 4 is 0 Å². The molecule has 0 atom stereocenters. The first-order chi connectivity index (χ1) is 6.54. The molecule has 0 bridgehead atoms. The van der Waals surface area contributed by atoms with Crippen LogP contribution in [0.15, 0.2) is 22.3 Å². The fraction of sp³-hybridized carbons (Fsp3) is 0.692. The largest absolute Gasteiger partial charge is 0.319 e. The third kappa shape index (κ3) is 4.10. The quantitative estimate of drug-likeness (QED) is 0.660. The fourth-order valence-corrected chi connectivity index (χ4v) is 1.75. The van der Waals surface area contributed by atoms with Crippen molar-refractivity contribution < 1.29 is 0 Å². The molecule has 0 amide bonds. The number of hydrogen-bond donors (Lipinski definition) is 1. The highest BCUT2D eigenvalue weighted by molar-refractivity contribution is 5.35. The summed E-state index contributed by atoms with van der Waals surface area (Å²) in [5, 5.41) is 3.19. The SMILES string of the molecule is CCC(=C(C)C)/C(C)=C(\C)CCNC. The van der Waals surface area contributed by atoms with Crippen molar-refractivity contribution in [2.75, 3.05) is 13.6 Å². The number of hydrogen-bond acceptors (Lipinski definition) is 1. The molecule has 0 radical (unpaired) electrons. The molecule has 1 N–H and O–H groups in total. The molecule has 0 saturated heterocycles. The topological polar surface area (TPSA) is 12.0 Å². The van der Waals surface area contributed by atoms with Gasteiger partial charge in [-0.2, -0.15) is 0 Å². The van der Waals surface area contributed by atoms with Crippen LogP contribution in [0, 0.1) is 0 Å². The molecule has 0 fully saturated rings. The van der Waals surface area contributed by atoms with E-state index in [9.17, 15) is 0 Å². The maximum Gasteiger partial charge on any atom is -0.00145 e. The van der Waals surface area contributed by atoms with E-state index in [2.05, 4.69) is 39.9 Å². The van der Waals surface area contributed by atoms with E-state index >= 15 is 0 Å². The van der Waals surface area contributed by atoms with Crippen LogP contribution in [0.3, 0.4) is 0 Å². The molecule has 1 heteroatoms. The molecular weight excluding hydrogens is 170 g/mol. The lowest BCUT2D eigenvalue weighted by atomic mass is 9.95. The molecule has 14 heavy (non-hydrogen) atoms. The third-order valence-corrected chi connectivity index (χ3v) is 2.80. The van der Waals surface area contributed by atoms with Crippen molar-refractivity contribution in [2.24, 2.45) is 0 Å². The molecular formula is C13H25N. The second kappa shape index (κ2) is 6.83.